The van der Waals surface area contributed by atoms with Gasteiger partial charge in [-0.15, -0.1) is 0 Å². The van der Waals surface area contributed by atoms with Crippen LogP contribution >= 0.6 is 15.9 Å². The van der Waals surface area contributed by atoms with E-state index < -0.39 is 5.82 Å². The molecule has 0 N–H and O–H groups in total. The van der Waals surface area contributed by atoms with Crippen LogP contribution in [0.3, 0.4) is 0 Å². The second kappa shape index (κ2) is 5.33. The molecule has 1 fully saturated rings. The highest BCUT2D eigenvalue weighted by Gasteiger charge is 2.27. The topological polar surface area (TPSA) is 38.1 Å². The summed E-state index contributed by atoms with van der Waals surface area (Å²) >= 11 is 3.31. The van der Waals surface area contributed by atoms with Gasteiger partial charge in [-0.1, -0.05) is 13.8 Å². The van der Waals surface area contributed by atoms with Gasteiger partial charge in [-0.3, -0.25) is 9.36 Å². The van der Waals surface area contributed by atoms with Crippen molar-refractivity contribution < 1.29 is 4.39 Å². The van der Waals surface area contributed by atoms with Gasteiger partial charge in [0.15, 0.2) is 0 Å². The van der Waals surface area contributed by atoms with Crippen molar-refractivity contribution in [3.63, 3.8) is 0 Å². The summed E-state index contributed by atoms with van der Waals surface area (Å²) in [6.07, 6.45) is 2.12. The highest BCUT2D eigenvalue weighted by atomic mass is 79.9. The number of rotatable bonds is 1. The van der Waals surface area contributed by atoms with Gasteiger partial charge in [-0.25, -0.2) is 9.37 Å². The second-order valence-electron chi connectivity index (χ2n) is 6.71. The van der Waals surface area contributed by atoms with E-state index >= 15 is 0 Å². The smallest absolute Gasteiger partial charge is 0.262 e. The molecule has 0 amide bonds. The maximum absolute atomic E-state index is 13.5. The molecule has 1 saturated heterocycles. The number of nitrogens with zero attached hydrogens (tertiary/aromatic N) is 3. The zero-order valence-electron chi connectivity index (χ0n) is 13.0. The van der Waals surface area contributed by atoms with Gasteiger partial charge < -0.3 is 4.90 Å². The van der Waals surface area contributed by atoms with Crippen LogP contribution in [0.1, 0.15) is 26.7 Å². The molecule has 22 heavy (non-hydrogen) atoms. The van der Waals surface area contributed by atoms with Crippen LogP contribution in [0.5, 0.6) is 0 Å². The minimum atomic E-state index is -0.439. The number of hydrogen-bond acceptors (Lipinski definition) is 3. The minimum absolute atomic E-state index is 0.218. The normalized spacial score (nSPS) is 18.0. The van der Waals surface area contributed by atoms with E-state index in [0.717, 1.165) is 25.9 Å². The molecule has 6 heteroatoms. The first-order chi connectivity index (χ1) is 10.3. The number of anilines is 1. The quantitative estimate of drug-likeness (QED) is 0.774. The van der Waals surface area contributed by atoms with E-state index in [4.69, 9.17) is 0 Å². The van der Waals surface area contributed by atoms with E-state index in [2.05, 4.69) is 39.7 Å². The highest BCUT2D eigenvalue weighted by Crippen LogP contribution is 2.32. The second-order valence-corrected chi connectivity index (χ2v) is 7.57. The summed E-state index contributed by atoms with van der Waals surface area (Å²) in [5.74, 6) is 0.214. The van der Waals surface area contributed by atoms with E-state index in [9.17, 15) is 9.18 Å². The van der Waals surface area contributed by atoms with E-state index in [1.54, 1.807) is 7.05 Å². The summed E-state index contributed by atoms with van der Waals surface area (Å²) in [7, 11) is 1.70. The van der Waals surface area contributed by atoms with Crippen molar-refractivity contribution in [2.75, 3.05) is 18.0 Å². The molecular formula is C16H19BrFN3O. The van der Waals surface area contributed by atoms with E-state index in [-0.39, 0.29) is 5.56 Å². The molecule has 1 aromatic carbocycles. The van der Waals surface area contributed by atoms with Gasteiger partial charge in [-0.05, 0) is 46.3 Å². The lowest BCUT2D eigenvalue weighted by molar-refractivity contribution is 0.277. The number of aromatic nitrogens is 2. The van der Waals surface area contributed by atoms with Crippen LogP contribution in [-0.2, 0) is 7.05 Å². The molecule has 0 spiro atoms. The molecule has 3 rings (SSSR count). The van der Waals surface area contributed by atoms with Crippen molar-refractivity contribution in [1.82, 2.24) is 9.55 Å². The number of benzene rings is 1. The summed E-state index contributed by atoms with van der Waals surface area (Å²) in [6.45, 7) is 6.27. The van der Waals surface area contributed by atoms with Crippen molar-refractivity contribution in [2.24, 2.45) is 12.5 Å². The monoisotopic (exact) mass is 367 g/mol. The van der Waals surface area contributed by atoms with Crippen molar-refractivity contribution >= 4 is 32.8 Å². The van der Waals surface area contributed by atoms with Gasteiger partial charge in [0, 0.05) is 24.6 Å². The predicted octanol–water partition coefficient (Wildman–Crippen LogP) is 3.46. The van der Waals surface area contributed by atoms with Gasteiger partial charge in [-0.2, -0.15) is 0 Å². The summed E-state index contributed by atoms with van der Waals surface area (Å²) in [6, 6.07) is 2.59. The van der Waals surface area contributed by atoms with Crippen LogP contribution in [0.2, 0.25) is 0 Å². The third-order valence-corrected chi connectivity index (χ3v) is 5.08. The molecule has 1 aliphatic heterocycles. The Labute approximate surface area is 137 Å². The molecule has 0 unspecified atom stereocenters. The van der Waals surface area contributed by atoms with Crippen LogP contribution in [-0.4, -0.2) is 22.6 Å². The Morgan fingerprint density at radius 1 is 1.27 bits per heavy atom. The molecule has 2 heterocycles. The van der Waals surface area contributed by atoms with Crippen LogP contribution in [0, 0.1) is 11.2 Å². The van der Waals surface area contributed by atoms with Gasteiger partial charge in [0.2, 0.25) is 5.95 Å². The molecular weight excluding hydrogens is 349 g/mol. The Hall–Kier alpha value is -1.43. The van der Waals surface area contributed by atoms with Gasteiger partial charge in [0.1, 0.15) is 5.82 Å². The molecule has 0 atom stereocenters. The summed E-state index contributed by atoms with van der Waals surface area (Å²) < 4.78 is 15.6. The minimum Gasteiger partial charge on any atom is -0.342 e. The van der Waals surface area contributed by atoms with Crippen LogP contribution in [0.15, 0.2) is 21.4 Å². The zero-order chi connectivity index (χ0) is 16.1. The average molecular weight is 368 g/mol. The summed E-state index contributed by atoms with van der Waals surface area (Å²) in [5, 5.41) is 0.301. The Kier molecular flexibility index (Phi) is 3.75. The third-order valence-electron chi connectivity index (χ3n) is 4.47. The lowest BCUT2D eigenvalue weighted by atomic mass is 9.83. The van der Waals surface area contributed by atoms with Crippen molar-refractivity contribution in [2.45, 2.75) is 26.7 Å². The number of fused-ring (bicyclic) bond motifs is 1. The maximum atomic E-state index is 13.5. The standard InChI is InChI=1S/C16H19BrFN3O/c1-16(2)4-6-21(7-5-16)15-19-13-11(14(22)20(15)3)8-10(18)9-12(13)17/h8-9H,4-7H2,1-3H3. The largest absolute Gasteiger partial charge is 0.342 e. The molecule has 118 valence electrons. The highest BCUT2D eigenvalue weighted by molar-refractivity contribution is 9.10. The number of piperidine rings is 1. The molecule has 4 nitrogen and oxygen atoms in total. The molecule has 0 aliphatic carbocycles. The molecule has 0 radical (unpaired) electrons. The Morgan fingerprint density at radius 3 is 2.55 bits per heavy atom. The van der Waals surface area contributed by atoms with Gasteiger partial charge in [0.25, 0.3) is 5.56 Å². The van der Waals surface area contributed by atoms with Crippen molar-refractivity contribution in [3.05, 3.63) is 32.8 Å². The fourth-order valence-electron chi connectivity index (χ4n) is 2.88. The van der Waals surface area contributed by atoms with Crippen LogP contribution < -0.4 is 10.5 Å². The van der Waals surface area contributed by atoms with Crippen LogP contribution in [0.25, 0.3) is 10.9 Å². The van der Waals surface area contributed by atoms with E-state index in [1.165, 1.54) is 16.7 Å². The first kappa shape index (κ1) is 15.5. The van der Waals surface area contributed by atoms with Gasteiger partial charge >= 0.3 is 0 Å². The molecule has 2 aromatic rings. The van der Waals surface area contributed by atoms with E-state index in [0.29, 0.717) is 26.7 Å². The first-order valence-electron chi connectivity index (χ1n) is 7.39. The zero-order valence-corrected chi connectivity index (χ0v) is 14.6. The third kappa shape index (κ3) is 2.64. The fraction of sp³-hybridized carbons (Fsp3) is 0.500. The summed E-state index contributed by atoms with van der Waals surface area (Å²) in [5.41, 5.74) is 0.630. The van der Waals surface area contributed by atoms with Crippen molar-refractivity contribution in [1.29, 1.82) is 0 Å². The molecule has 0 bridgehead atoms. The first-order valence-corrected chi connectivity index (χ1v) is 8.18. The number of halogens is 2. The molecule has 1 aliphatic rings. The van der Waals surface area contributed by atoms with Crippen molar-refractivity contribution in [3.8, 4) is 0 Å². The average Bonchev–Trinajstić information content (AvgIpc) is 2.44. The predicted molar refractivity (Wildman–Crippen MR) is 89.9 cm³/mol. The lowest BCUT2D eigenvalue weighted by Crippen LogP contribution is -2.40. The maximum Gasteiger partial charge on any atom is 0.262 e. The number of hydrogen-bond donors (Lipinski definition) is 0. The Balaban J connectivity index is 2.12. The Morgan fingerprint density at radius 2 is 1.91 bits per heavy atom. The Bertz CT molecular complexity index is 790. The van der Waals surface area contributed by atoms with Crippen LogP contribution in [0.4, 0.5) is 10.3 Å². The summed E-state index contributed by atoms with van der Waals surface area (Å²) in [4.78, 5) is 19.3. The van der Waals surface area contributed by atoms with Gasteiger partial charge in [0.05, 0.1) is 10.9 Å². The SMILES string of the molecule is Cn1c(N2CCC(C)(C)CC2)nc2c(Br)cc(F)cc2c1=O. The molecule has 1 aromatic heterocycles. The van der Waals surface area contributed by atoms with E-state index in [1.807, 2.05) is 0 Å². The molecule has 0 saturated carbocycles. The lowest BCUT2D eigenvalue weighted by Gasteiger charge is -2.37. The fourth-order valence-corrected chi connectivity index (χ4v) is 3.40.